The summed E-state index contributed by atoms with van der Waals surface area (Å²) >= 11 is 0. The molecule has 1 nitrogen and oxygen atoms in total. The maximum atomic E-state index is 4.26. The fourth-order valence-corrected chi connectivity index (χ4v) is 4.66. The highest BCUT2D eigenvalue weighted by Crippen LogP contribution is 2.15. The Morgan fingerprint density at radius 1 is 0.531 bits per heavy atom. The van der Waals surface area contributed by atoms with Crippen molar-refractivity contribution >= 4 is 0 Å². The average Bonchev–Trinajstić information content (AvgIpc) is 3.32. The van der Waals surface area contributed by atoms with Crippen LogP contribution in [0.4, 0.5) is 0 Å². The van der Waals surface area contributed by atoms with E-state index in [1.165, 1.54) is 154 Å². The lowest BCUT2D eigenvalue weighted by Crippen LogP contribution is -1.86. The first-order valence-electron chi connectivity index (χ1n) is 14.7. The van der Waals surface area contributed by atoms with Crippen LogP contribution < -0.4 is 5.32 Å². The highest BCUT2D eigenvalue weighted by molar-refractivity contribution is 5.28. The Kier molecular flexibility index (Phi) is 22.4. The van der Waals surface area contributed by atoms with E-state index in [0.717, 1.165) is 5.70 Å². The second-order valence-electron chi connectivity index (χ2n) is 10.0. The van der Waals surface area contributed by atoms with Crippen LogP contribution in [0.25, 0.3) is 0 Å². The van der Waals surface area contributed by atoms with Crippen LogP contribution in [0.2, 0.25) is 0 Å². The van der Waals surface area contributed by atoms with E-state index < -0.39 is 0 Å². The third kappa shape index (κ3) is 20.9. The maximum absolute atomic E-state index is 4.26. The predicted molar refractivity (Wildman–Crippen MR) is 145 cm³/mol. The summed E-state index contributed by atoms with van der Waals surface area (Å²) in [5, 5.41) is 4.26. The van der Waals surface area contributed by atoms with Gasteiger partial charge in [0, 0.05) is 6.20 Å². The molecule has 1 aliphatic heterocycles. The number of hydrogen-bond donors (Lipinski definition) is 0. The molecule has 0 amide bonds. The first kappa shape index (κ1) is 29.1. The van der Waals surface area contributed by atoms with Crippen molar-refractivity contribution in [2.24, 2.45) is 0 Å². The summed E-state index contributed by atoms with van der Waals surface area (Å²) < 4.78 is 0. The SMILES string of the molecule is CCCCCCCCCCCCCCCCCCCCCCCCC/C=C/C1=CC=C[N]1. The van der Waals surface area contributed by atoms with Crippen LogP contribution in [0, 0.1) is 0 Å². The molecular weight excluding hydrogens is 386 g/mol. The summed E-state index contributed by atoms with van der Waals surface area (Å²) in [6.45, 7) is 2.30. The van der Waals surface area contributed by atoms with Crippen molar-refractivity contribution < 1.29 is 0 Å². The summed E-state index contributed by atoms with van der Waals surface area (Å²) in [6.07, 6.45) is 45.0. The molecule has 0 aromatic heterocycles. The molecule has 0 atom stereocenters. The van der Waals surface area contributed by atoms with Crippen molar-refractivity contribution in [3.8, 4) is 0 Å². The van der Waals surface area contributed by atoms with Gasteiger partial charge in [-0.05, 0) is 31.1 Å². The quantitative estimate of drug-likeness (QED) is 0.125. The van der Waals surface area contributed by atoms with E-state index in [9.17, 15) is 0 Å². The molecule has 185 valence electrons. The third-order valence-electron chi connectivity index (χ3n) is 6.84. The smallest absolute Gasteiger partial charge is 0.0626 e. The van der Waals surface area contributed by atoms with Gasteiger partial charge in [0.2, 0.25) is 0 Å². The first-order valence-corrected chi connectivity index (χ1v) is 14.7. The lowest BCUT2D eigenvalue weighted by molar-refractivity contribution is 0.518. The predicted octanol–water partition coefficient (Wildman–Crippen LogP) is 10.9. The molecule has 0 N–H and O–H groups in total. The molecule has 0 saturated heterocycles. The molecular formula is C31H56N. The molecule has 0 aromatic carbocycles. The van der Waals surface area contributed by atoms with Crippen molar-refractivity contribution in [1.29, 1.82) is 0 Å². The van der Waals surface area contributed by atoms with Gasteiger partial charge >= 0.3 is 0 Å². The Morgan fingerprint density at radius 3 is 1.25 bits per heavy atom. The summed E-state index contributed by atoms with van der Waals surface area (Å²) in [5.41, 5.74) is 1.10. The van der Waals surface area contributed by atoms with Crippen molar-refractivity contribution in [1.82, 2.24) is 5.32 Å². The van der Waals surface area contributed by atoms with E-state index in [1.807, 2.05) is 12.3 Å². The van der Waals surface area contributed by atoms with E-state index in [2.05, 4.69) is 30.5 Å². The van der Waals surface area contributed by atoms with Crippen molar-refractivity contribution in [3.05, 3.63) is 36.2 Å². The lowest BCUT2D eigenvalue weighted by atomic mass is 10.0. The van der Waals surface area contributed by atoms with Crippen LogP contribution in [0.1, 0.15) is 161 Å². The zero-order valence-electron chi connectivity index (χ0n) is 21.8. The number of allylic oxidation sites excluding steroid dienone is 4. The van der Waals surface area contributed by atoms with Gasteiger partial charge < -0.3 is 0 Å². The second kappa shape index (κ2) is 24.7. The minimum absolute atomic E-state index is 1.10. The standard InChI is InChI=1S/C31H56N/c1-2-3-4-5-6-7-8-9-10-11-12-13-14-15-16-17-18-19-20-21-22-23-24-25-26-28-31-29-27-30-32-31/h26-30H,2-25H2,1H3/b28-26+. The maximum Gasteiger partial charge on any atom is 0.0626 e. The summed E-state index contributed by atoms with van der Waals surface area (Å²) in [6, 6.07) is 0. The number of nitrogens with zero attached hydrogens (tertiary/aromatic N) is 1. The molecule has 0 fully saturated rings. The lowest BCUT2D eigenvalue weighted by Gasteiger charge is -2.04. The number of rotatable bonds is 25. The molecule has 0 aromatic rings. The third-order valence-corrected chi connectivity index (χ3v) is 6.84. The molecule has 1 radical (unpaired) electrons. The Labute approximate surface area is 202 Å². The highest BCUT2D eigenvalue weighted by Gasteiger charge is 1.96. The van der Waals surface area contributed by atoms with Crippen LogP contribution in [0.5, 0.6) is 0 Å². The Balaban J connectivity index is 1.64. The molecule has 0 bridgehead atoms. The molecule has 32 heavy (non-hydrogen) atoms. The molecule has 0 unspecified atom stereocenters. The van der Waals surface area contributed by atoms with Gasteiger partial charge in [-0.1, -0.05) is 154 Å². The van der Waals surface area contributed by atoms with Crippen LogP contribution in [-0.4, -0.2) is 0 Å². The van der Waals surface area contributed by atoms with Gasteiger partial charge in [-0.2, -0.15) is 0 Å². The summed E-state index contributed by atoms with van der Waals surface area (Å²) in [4.78, 5) is 0. The normalized spacial score (nSPS) is 13.2. The molecule has 1 heteroatoms. The monoisotopic (exact) mass is 442 g/mol. The Hall–Kier alpha value is -0.980. The average molecular weight is 443 g/mol. The van der Waals surface area contributed by atoms with Gasteiger partial charge in [0.05, 0.1) is 5.70 Å². The molecule has 1 heterocycles. The van der Waals surface area contributed by atoms with Gasteiger partial charge in [0.15, 0.2) is 0 Å². The van der Waals surface area contributed by atoms with Gasteiger partial charge in [-0.15, -0.1) is 0 Å². The van der Waals surface area contributed by atoms with E-state index in [0.29, 0.717) is 0 Å². The van der Waals surface area contributed by atoms with Crippen LogP contribution in [-0.2, 0) is 0 Å². The van der Waals surface area contributed by atoms with E-state index in [1.54, 1.807) is 0 Å². The Morgan fingerprint density at radius 2 is 0.906 bits per heavy atom. The zero-order valence-corrected chi connectivity index (χ0v) is 21.8. The van der Waals surface area contributed by atoms with Crippen molar-refractivity contribution in [2.45, 2.75) is 161 Å². The number of unbranched alkanes of at least 4 members (excludes halogenated alkanes) is 23. The van der Waals surface area contributed by atoms with Crippen LogP contribution >= 0.6 is 0 Å². The minimum atomic E-state index is 1.10. The molecule has 0 aliphatic carbocycles. The summed E-state index contributed by atoms with van der Waals surface area (Å²) in [5.74, 6) is 0. The molecule has 0 spiro atoms. The summed E-state index contributed by atoms with van der Waals surface area (Å²) in [7, 11) is 0. The van der Waals surface area contributed by atoms with E-state index in [-0.39, 0.29) is 0 Å². The largest absolute Gasteiger partial charge is 0.257 e. The van der Waals surface area contributed by atoms with E-state index in [4.69, 9.17) is 0 Å². The highest BCUT2D eigenvalue weighted by atomic mass is 14.9. The van der Waals surface area contributed by atoms with E-state index >= 15 is 0 Å². The fourth-order valence-electron chi connectivity index (χ4n) is 4.66. The molecule has 1 rings (SSSR count). The van der Waals surface area contributed by atoms with Crippen LogP contribution in [0.3, 0.4) is 0 Å². The zero-order chi connectivity index (χ0) is 22.8. The first-order chi connectivity index (χ1) is 15.9. The topological polar surface area (TPSA) is 14.1 Å². The van der Waals surface area contributed by atoms with Gasteiger partial charge in [-0.3, -0.25) is 5.32 Å². The second-order valence-corrected chi connectivity index (χ2v) is 10.0. The van der Waals surface area contributed by atoms with Gasteiger partial charge in [0.25, 0.3) is 0 Å². The van der Waals surface area contributed by atoms with Crippen molar-refractivity contribution in [3.63, 3.8) is 0 Å². The van der Waals surface area contributed by atoms with Crippen LogP contribution in [0.15, 0.2) is 36.2 Å². The Bertz CT molecular complexity index is 459. The van der Waals surface area contributed by atoms with Gasteiger partial charge in [0.1, 0.15) is 0 Å². The molecule has 1 aliphatic rings. The number of hydrogen-bond acceptors (Lipinski definition) is 0. The minimum Gasteiger partial charge on any atom is -0.257 e. The van der Waals surface area contributed by atoms with Gasteiger partial charge in [-0.25, -0.2) is 0 Å². The fraction of sp³-hybridized carbons (Fsp3) is 0.806. The molecule has 0 saturated carbocycles. The van der Waals surface area contributed by atoms with Crippen molar-refractivity contribution in [2.75, 3.05) is 0 Å².